The quantitative estimate of drug-likeness (QED) is 0.763. The molecule has 3 N–H and O–H groups in total. The van der Waals surface area contributed by atoms with E-state index in [1.807, 2.05) is 4.90 Å². The largest absolute Gasteiger partial charge is 0.352 e. The lowest BCUT2D eigenvalue weighted by molar-refractivity contribution is -0.133. The molecular weight excluding hydrogens is 254 g/mol. The van der Waals surface area contributed by atoms with Crippen LogP contribution in [0.3, 0.4) is 0 Å². The molecule has 1 atom stereocenters. The number of nitrogens with two attached hydrogens (primary N) is 1. The zero-order chi connectivity index (χ0) is 14.5. The van der Waals surface area contributed by atoms with E-state index in [0.29, 0.717) is 11.8 Å². The van der Waals surface area contributed by atoms with Gasteiger partial charge < -0.3 is 16.0 Å². The lowest BCUT2D eigenvalue weighted by Gasteiger charge is -2.33. The number of hydrogen-bond acceptors (Lipinski definition) is 3. The minimum absolute atomic E-state index is 0.0366. The number of rotatable bonds is 6. The van der Waals surface area contributed by atoms with Crippen molar-refractivity contribution < 1.29 is 9.59 Å². The lowest BCUT2D eigenvalue weighted by atomic mass is 10.0. The van der Waals surface area contributed by atoms with Gasteiger partial charge in [-0.2, -0.15) is 0 Å². The van der Waals surface area contributed by atoms with Crippen LogP contribution in [0.4, 0.5) is 0 Å². The van der Waals surface area contributed by atoms with Crippen LogP contribution in [-0.2, 0) is 9.59 Å². The zero-order valence-electron chi connectivity index (χ0n) is 12.4. The molecule has 0 aromatic rings. The second-order valence-electron chi connectivity index (χ2n) is 6.13. The van der Waals surface area contributed by atoms with E-state index in [9.17, 15) is 9.59 Å². The van der Waals surface area contributed by atoms with Crippen molar-refractivity contribution >= 4 is 11.8 Å². The maximum absolute atomic E-state index is 11.9. The second kappa shape index (κ2) is 7.07. The van der Waals surface area contributed by atoms with E-state index < -0.39 is 0 Å². The smallest absolute Gasteiger partial charge is 0.237 e. The van der Waals surface area contributed by atoms with Gasteiger partial charge in [-0.3, -0.25) is 9.59 Å². The standard InChI is InChI=1S/C15H27N3O2/c1-2-3-4-13(16)14(19)17-12-7-9-18(10-8-12)15(20)11-5-6-11/h11-13H,2-10,16H2,1H3,(H,17,19). The lowest BCUT2D eigenvalue weighted by Crippen LogP contribution is -2.50. The summed E-state index contributed by atoms with van der Waals surface area (Å²) >= 11 is 0. The SMILES string of the molecule is CCCCC(N)C(=O)NC1CCN(C(=O)C2CC2)CC1. The van der Waals surface area contributed by atoms with Crippen LogP contribution in [0.5, 0.6) is 0 Å². The molecule has 5 nitrogen and oxygen atoms in total. The van der Waals surface area contributed by atoms with Crippen LogP contribution < -0.4 is 11.1 Å². The molecule has 0 bridgehead atoms. The molecule has 0 aromatic heterocycles. The van der Waals surface area contributed by atoms with Gasteiger partial charge in [0.1, 0.15) is 0 Å². The third kappa shape index (κ3) is 4.20. The monoisotopic (exact) mass is 281 g/mol. The molecule has 5 heteroatoms. The number of carbonyl (C=O) groups is 2. The van der Waals surface area contributed by atoms with Crippen molar-refractivity contribution in [2.45, 2.75) is 64.0 Å². The zero-order valence-corrected chi connectivity index (χ0v) is 12.4. The summed E-state index contributed by atoms with van der Waals surface area (Å²) in [5.74, 6) is 0.573. The first-order chi connectivity index (χ1) is 9.61. The second-order valence-corrected chi connectivity index (χ2v) is 6.13. The van der Waals surface area contributed by atoms with Gasteiger partial charge in [0, 0.05) is 25.0 Å². The van der Waals surface area contributed by atoms with Crippen LogP contribution in [0.1, 0.15) is 51.9 Å². The van der Waals surface area contributed by atoms with Gasteiger partial charge in [-0.05, 0) is 32.1 Å². The molecular formula is C15H27N3O2. The summed E-state index contributed by atoms with van der Waals surface area (Å²) in [4.78, 5) is 25.8. The minimum atomic E-state index is -0.388. The molecule has 2 rings (SSSR count). The molecule has 1 aliphatic heterocycles. The maximum atomic E-state index is 11.9. The number of nitrogens with zero attached hydrogens (tertiary/aromatic N) is 1. The highest BCUT2D eigenvalue weighted by Crippen LogP contribution is 2.31. The van der Waals surface area contributed by atoms with Crippen LogP contribution >= 0.6 is 0 Å². The van der Waals surface area contributed by atoms with Crippen LogP contribution in [0.2, 0.25) is 0 Å². The Hall–Kier alpha value is -1.10. The molecule has 0 aromatic carbocycles. The third-order valence-electron chi connectivity index (χ3n) is 4.29. The van der Waals surface area contributed by atoms with Crippen molar-refractivity contribution in [2.24, 2.45) is 11.7 Å². The Kier molecular flexibility index (Phi) is 5.40. The molecule has 1 heterocycles. The Morgan fingerprint density at radius 3 is 2.45 bits per heavy atom. The van der Waals surface area contributed by atoms with Crippen LogP contribution in [0.15, 0.2) is 0 Å². The number of amides is 2. The van der Waals surface area contributed by atoms with Crippen LogP contribution in [0, 0.1) is 5.92 Å². The number of hydrogen-bond donors (Lipinski definition) is 2. The van der Waals surface area contributed by atoms with E-state index in [1.165, 1.54) is 0 Å². The summed E-state index contributed by atoms with van der Waals surface area (Å²) in [6.45, 7) is 3.63. The molecule has 2 fully saturated rings. The van der Waals surface area contributed by atoms with Crippen molar-refractivity contribution in [3.8, 4) is 0 Å². The average molecular weight is 281 g/mol. The molecule has 20 heavy (non-hydrogen) atoms. The summed E-state index contributed by atoms with van der Waals surface area (Å²) in [6.07, 6.45) is 6.62. The van der Waals surface area contributed by atoms with E-state index in [1.54, 1.807) is 0 Å². The Morgan fingerprint density at radius 1 is 1.25 bits per heavy atom. The van der Waals surface area contributed by atoms with Gasteiger partial charge in [0.25, 0.3) is 0 Å². The van der Waals surface area contributed by atoms with Gasteiger partial charge in [-0.1, -0.05) is 19.8 Å². The summed E-state index contributed by atoms with van der Waals surface area (Å²) in [5.41, 5.74) is 5.87. The average Bonchev–Trinajstić information content (AvgIpc) is 3.29. The van der Waals surface area contributed by atoms with Crippen molar-refractivity contribution in [2.75, 3.05) is 13.1 Å². The first-order valence-electron chi connectivity index (χ1n) is 7.96. The van der Waals surface area contributed by atoms with Gasteiger partial charge >= 0.3 is 0 Å². The van der Waals surface area contributed by atoms with Gasteiger partial charge in [0.05, 0.1) is 6.04 Å². The van der Waals surface area contributed by atoms with Crippen molar-refractivity contribution in [3.63, 3.8) is 0 Å². The normalized spacial score (nSPS) is 21.6. The molecule has 2 amide bonds. The fourth-order valence-electron chi connectivity index (χ4n) is 2.70. The highest BCUT2D eigenvalue weighted by atomic mass is 16.2. The van der Waals surface area contributed by atoms with Gasteiger partial charge in [0.15, 0.2) is 0 Å². The molecule has 1 unspecified atom stereocenters. The summed E-state index contributed by atoms with van der Waals surface area (Å²) in [5, 5.41) is 3.03. The first kappa shape index (κ1) is 15.3. The topological polar surface area (TPSA) is 75.4 Å². The van der Waals surface area contributed by atoms with Crippen LogP contribution in [-0.4, -0.2) is 41.9 Å². The number of likely N-dealkylation sites (tertiary alicyclic amines) is 1. The van der Waals surface area contributed by atoms with Crippen molar-refractivity contribution in [1.29, 1.82) is 0 Å². The van der Waals surface area contributed by atoms with Gasteiger partial charge in [-0.15, -0.1) is 0 Å². The van der Waals surface area contributed by atoms with E-state index in [2.05, 4.69) is 12.2 Å². The number of carbonyl (C=O) groups excluding carboxylic acids is 2. The number of unbranched alkanes of at least 4 members (excludes halogenated alkanes) is 1. The molecule has 1 aliphatic carbocycles. The maximum Gasteiger partial charge on any atom is 0.237 e. The van der Waals surface area contributed by atoms with E-state index in [-0.39, 0.29) is 18.0 Å². The van der Waals surface area contributed by atoms with E-state index in [4.69, 9.17) is 5.73 Å². The predicted octanol–water partition coefficient (Wildman–Crippen LogP) is 1.02. The summed E-state index contributed by atoms with van der Waals surface area (Å²) in [6, 6.07) is -0.209. The van der Waals surface area contributed by atoms with Gasteiger partial charge in [-0.25, -0.2) is 0 Å². The molecule has 1 saturated carbocycles. The fourth-order valence-corrected chi connectivity index (χ4v) is 2.70. The van der Waals surface area contributed by atoms with E-state index >= 15 is 0 Å². The number of piperidine rings is 1. The van der Waals surface area contributed by atoms with Gasteiger partial charge in [0.2, 0.25) is 11.8 Å². The van der Waals surface area contributed by atoms with E-state index in [0.717, 1.165) is 58.0 Å². The molecule has 0 radical (unpaired) electrons. The minimum Gasteiger partial charge on any atom is -0.352 e. The molecule has 2 aliphatic rings. The third-order valence-corrected chi connectivity index (χ3v) is 4.29. The Morgan fingerprint density at radius 2 is 1.90 bits per heavy atom. The fraction of sp³-hybridized carbons (Fsp3) is 0.867. The Balaban J connectivity index is 1.68. The Bertz CT molecular complexity index is 347. The molecule has 114 valence electrons. The molecule has 0 spiro atoms. The van der Waals surface area contributed by atoms with Crippen LogP contribution in [0.25, 0.3) is 0 Å². The van der Waals surface area contributed by atoms with Crippen molar-refractivity contribution in [3.05, 3.63) is 0 Å². The highest BCUT2D eigenvalue weighted by Gasteiger charge is 2.35. The number of nitrogens with one attached hydrogen (secondary N) is 1. The first-order valence-corrected chi connectivity index (χ1v) is 7.96. The Labute approximate surface area is 121 Å². The summed E-state index contributed by atoms with van der Waals surface area (Å²) in [7, 11) is 0. The van der Waals surface area contributed by atoms with Crippen molar-refractivity contribution in [1.82, 2.24) is 10.2 Å². The molecule has 1 saturated heterocycles. The predicted molar refractivity (Wildman–Crippen MR) is 78.0 cm³/mol. The highest BCUT2D eigenvalue weighted by molar-refractivity contribution is 5.82. The summed E-state index contributed by atoms with van der Waals surface area (Å²) < 4.78 is 0.